The predicted molar refractivity (Wildman–Crippen MR) is 121 cm³/mol. The molecule has 0 aliphatic heterocycles. The van der Waals surface area contributed by atoms with Crippen molar-refractivity contribution < 1.29 is 15.0 Å². The van der Waals surface area contributed by atoms with E-state index in [2.05, 4.69) is 27.4 Å². The van der Waals surface area contributed by atoms with Crippen LogP contribution in [0.5, 0.6) is 0 Å². The molecule has 4 aliphatic rings. The van der Waals surface area contributed by atoms with Crippen molar-refractivity contribution >= 4 is 5.78 Å². The quantitative estimate of drug-likeness (QED) is 0.587. The van der Waals surface area contributed by atoms with E-state index >= 15 is 0 Å². The van der Waals surface area contributed by atoms with E-state index < -0.39 is 12.2 Å². The van der Waals surface area contributed by atoms with Crippen molar-refractivity contribution in [2.24, 2.45) is 40.4 Å². The molecule has 0 aromatic heterocycles. The van der Waals surface area contributed by atoms with Gasteiger partial charge in [-0.2, -0.15) is 0 Å². The average molecular weight is 415 g/mol. The Morgan fingerprint density at radius 3 is 2.53 bits per heavy atom. The second-order valence-corrected chi connectivity index (χ2v) is 11.7. The van der Waals surface area contributed by atoms with Crippen molar-refractivity contribution in [1.29, 1.82) is 0 Å². The standard InChI is InChI=1S/C27H42O3/c1-16(18(3)28)14-25(30)17(2)22-8-9-23-21-7-6-19-15-20(29)10-12-26(19,4)24(21)11-13-27(22,23)5/h15,17-18,21-25,28,30H,1,6-14H2,2-5H3/t17-,18?,21-,22+,23-,24-,25?,26-,27+/m0/s1. The number of fused-ring (bicyclic) bond motifs is 5. The molecular formula is C27H42O3. The molecule has 0 radical (unpaired) electrons. The fourth-order valence-electron chi connectivity index (χ4n) is 8.36. The molecule has 3 nitrogen and oxygen atoms in total. The zero-order chi connectivity index (χ0) is 21.8. The van der Waals surface area contributed by atoms with Gasteiger partial charge >= 0.3 is 0 Å². The summed E-state index contributed by atoms with van der Waals surface area (Å²) in [5, 5.41) is 20.7. The highest BCUT2D eigenvalue weighted by molar-refractivity contribution is 5.91. The van der Waals surface area contributed by atoms with Crippen molar-refractivity contribution in [2.45, 2.75) is 97.7 Å². The molecule has 30 heavy (non-hydrogen) atoms. The number of aliphatic hydroxyl groups is 2. The average Bonchev–Trinajstić information content (AvgIpc) is 3.04. The summed E-state index contributed by atoms with van der Waals surface area (Å²) in [6, 6.07) is 0. The van der Waals surface area contributed by atoms with Crippen molar-refractivity contribution in [1.82, 2.24) is 0 Å². The van der Waals surface area contributed by atoms with E-state index in [4.69, 9.17) is 0 Å². The molecule has 0 saturated heterocycles. The van der Waals surface area contributed by atoms with Crippen LogP contribution >= 0.6 is 0 Å². The second-order valence-electron chi connectivity index (χ2n) is 11.7. The third-order valence-corrected chi connectivity index (χ3v) is 10.3. The summed E-state index contributed by atoms with van der Waals surface area (Å²) in [6.45, 7) is 12.9. The largest absolute Gasteiger partial charge is 0.393 e. The molecule has 0 amide bonds. The van der Waals surface area contributed by atoms with Crippen molar-refractivity contribution in [3.8, 4) is 0 Å². The van der Waals surface area contributed by atoms with Gasteiger partial charge in [-0.3, -0.25) is 4.79 Å². The molecule has 2 unspecified atom stereocenters. The van der Waals surface area contributed by atoms with Gasteiger partial charge in [0.15, 0.2) is 5.78 Å². The lowest BCUT2D eigenvalue weighted by Crippen LogP contribution is -2.51. The number of hydrogen-bond acceptors (Lipinski definition) is 3. The van der Waals surface area contributed by atoms with Gasteiger partial charge in [-0.1, -0.05) is 32.9 Å². The molecule has 4 rings (SSSR count). The van der Waals surface area contributed by atoms with Crippen molar-refractivity contribution in [3.63, 3.8) is 0 Å². The molecule has 3 heteroatoms. The van der Waals surface area contributed by atoms with E-state index in [0.29, 0.717) is 23.5 Å². The van der Waals surface area contributed by atoms with Crippen molar-refractivity contribution in [2.75, 3.05) is 0 Å². The first-order valence-electron chi connectivity index (χ1n) is 12.4. The lowest BCUT2D eigenvalue weighted by Gasteiger charge is -2.58. The first-order chi connectivity index (χ1) is 14.1. The monoisotopic (exact) mass is 414 g/mol. The van der Waals surface area contributed by atoms with Gasteiger partial charge < -0.3 is 10.2 Å². The second kappa shape index (κ2) is 7.89. The molecule has 3 fully saturated rings. The summed E-state index contributed by atoms with van der Waals surface area (Å²) >= 11 is 0. The highest BCUT2D eigenvalue weighted by atomic mass is 16.3. The summed E-state index contributed by atoms with van der Waals surface area (Å²) in [7, 11) is 0. The van der Waals surface area contributed by atoms with E-state index in [1.807, 2.05) is 6.08 Å². The zero-order valence-corrected chi connectivity index (χ0v) is 19.5. The summed E-state index contributed by atoms with van der Waals surface area (Å²) in [4.78, 5) is 12.0. The SMILES string of the molecule is C=C(CC(O)[C@@H](C)[C@H]1CC[C@H]2[C@@H]3CCC4=CC(=O)CC[C@]4(C)[C@H]3CC[C@]12C)C(C)O. The maximum absolute atomic E-state index is 12.0. The molecule has 0 aromatic rings. The Morgan fingerprint density at radius 1 is 1.10 bits per heavy atom. The lowest BCUT2D eigenvalue weighted by atomic mass is 9.46. The third kappa shape index (κ3) is 3.45. The van der Waals surface area contributed by atoms with Crippen LogP contribution in [0, 0.1) is 40.4 Å². The van der Waals surface area contributed by atoms with E-state index in [-0.39, 0.29) is 11.3 Å². The Morgan fingerprint density at radius 2 is 1.83 bits per heavy atom. The minimum absolute atomic E-state index is 0.231. The smallest absolute Gasteiger partial charge is 0.155 e. The zero-order valence-electron chi connectivity index (χ0n) is 19.5. The first kappa shape index (κ1) is 22.3. The van der Waals surface area contributed by atoms with Gasteiger partial charge in [0.05, 0.1) is 12.2 Å². The Balaban J connectivity index is 1.52. The molecule has 4 aliphatic carbocycles. The number of allylic oxidation sites excluding steroid dienone is 1. The van der Waals surface area contributed by atoms with Gasteiger partial charge in [-0.25, -0.2) is 0 Å². The van der Waals surface area contributed by atoms with Gasteiger partial charge in [0.25, 0.3) is 0 Å². The molecule has 0 heterocycles. The minimum atomic E-state index is -0.554. The van der Waals surface area contributed by atoms with Crippen LogP contribution in [0.1, 0.15) is 85.5 Å². The summed E-state index contributed by atoms with van der Waals surface area (Å²) in [5.41, 5.74) is 2.72. The molecule has 3 saturated carbocycles. The van der Waals surface area contributed by atoms with Crippen LogP contribution < -0.4 is 0 Å². The molecule has 9 atom stereocenters. The number of ketones is 1. The molecular weight excluding hydrogens is 372 g/mol. The van der Waals surface area contributed by atoms with Crippen LogP contribution in [0.2, 0.25) is 0 Å². The molecule has 0 aromatic carbocycles. The van der Waals surface area contributed by atoms with Crippen LogP contribution in [-0.4, -0.2) is 28.2 Å². The van der Waals surface area contributed by atoms with Gasteiger partial charge in [0.1, 0.15) is 0 Å². The first-order valence-corrected chi connectivity index (χ1v) is 12.4. The number of rotatable bonds is 5. The number of aliphatic hydroxyl groups excluding tert-OH is 2. The maximum Gasteiger partial charge on any atom is 0.155 e. The topological polar surface area (TPSA) is 57.5 Å². The van der Waals surface area contributed by atoms with Gasteiger partial charge in [-0.15, -0.1) is 0 Å². The number of carbonyl (C=O) groups excluding carboxylic acids is 1. The minimum Gasteiger partial charge on any atom is -0.393 e. The van der Waals surface area contributed by atoms with Gasteiger partial charge in [0, 0.05) is 6.42 Å². The number of carbonyl (C=O) groups is 1. The Bertz CT molecular complexity index is 736. The highest BCUT2D eigenvalue weighted by Crippen LogP contribution is 2.67. The van der Waals surface area contributed by atoms with E-state index in [1.54, 1.807) is 6.92 Å². The molecule has 0 spiro atoms. The van der Waals surface area contributed by atoms with Crippen LogP contribution in [0.25, 0.3) is 0 Å². The normalized spacial score (nSPS) is 43.7. The van der Waals surface area contributed by atoms with Gasteiger partial charge in [0.2, 0.25) is 0 Å². The van der Waals surface area contributed by atoms with Crippen LogP contribution in [0.15, 0.2) is 23.8 Å². The third-order valence-electron chi connectivity index (χ3n) is 10.3. The molecule has 0 bridgehead atoms. The van der Waals surface area contributed by atoms with E-state index in [1.165, 1.54) is 37.7 Å². The molecule has 2 N–H and O–H groups in total. The lowest BCUT2D eigenvalue weighted by molar-refractivity contribution is -0.117. The van der Waals surface area contributed by atoms with Crippen LogP contribution in [0.4, 0.5) is 0 Å². The fourth-order valence-corrected chi connectivity index (χ4v) is 8.36. The van der Waals surface area contributed by atoms with Crippen LogP contribution in [-0.2, 0) is 4.79 Å². The summed E-state index contributed by atoms with van der Waals surface area (Å²) in [5.74, 6) is 3.33. The summed E-state index contributed by atoms with van der Waals surface area (Å²) in [6.07, 6.45) is 10.6. The summed E-state index contributed by atoms with van der Waals surface area (Å²) < 4.78 is 0. The van der Waals surface area contributed by atoms with Crippen molar-refractivity contribution in [3.05, 3.63) is 23.8 Å². The van der Waals surface area contributed by atoms with E-state index in [9.17, 15) is 15.0 Å². The predicted octanol–water partition coefficient (Wildman–Crippen LogP) is 5.46. The van der Waals surface area contributed by atoms with Crippen LogP contribution in [0.3, 0.4) is 0 Å². The van der Waals surface area contributed by atoms with E-state index in [0.717, 1.165) is 42.6 Å². The highest BCUT2D eigenvalue weighted by Gasteiger charge is 2.59. The Hall–Kier alpha value is -0.930. The Labute approximate surface area is 183 Å². The number of hydrogen-bond donors (Lipinski definition) is 2. The van der Waals surface area contributed by atoms with Gasteiger partial charge in [-0.05, 0) is 110 Å². The fraction of sp³-hybridized carbons (Fsp3) is 0.815. The molecule has 168 valence electrons. The maximum atomic E-state index is 12.0. The Kier molecular flexibility index (Phi) is 5.85.